The van der Waals surface area contributed by atoms with E-state index in [1.807, 2.05) is 39.8 Å². The molecule has 0 atom stereocenters. The Kier molecular flexibility index (Phi) is 4.57. The molecule has 12 heavy (non-hydrogen) atoms. The molecule has 0 saturated carbocycles. The van der Waals surface area contributed by atoms with E-state index in [4.69, 9.17) is 0 Å². The van der Waals surface area contributed by atoms with Crippen molar-refractivity contribution < 1.29 is 4.79 Å². The molecular weight excluding hydrogens is 148 g/mol. The molecule has 1 nitrogen and oxygen atoms in total. The van der Waals surface area contributed by atoms with Crippen molar-refractivity contribution >= 4 is 5.78 Å². The van der Waals surface area contributed by atoms with Gasteiger partial charge in [-0.1, -0.05) is 32.1 Å². The van der Waals surface area contributed by atoms with E-state index >= 15 is 0 Å². The van der Waals surface area contributed by atoms with E-state index in [2.05, 4.69) is 0 Å². The van der Waals surface area contributed by atoms with E-state index < -0.39 is 0 Å². The van der Waals surface area contributed by atoms with Gasteiger partial charge in [0, 0.05) is 5.41 Å². The second kappa shape index (κ2) is 4.91. The van der Waals surface area contributed by atoms with Crippen molar-refractivity contribution in [3.05, 3.63) is 24.3 Å². The molecule has 0 spiro atoms. The Hall–Kier alpha value is -0.850. The highest BCUT2D eigenvalue weighted by Gasteiger charge is 2.22. The lowest BCUT2D eigenvalue weighted by Gasteiger charge is -2.18. The number of allylic oxidation sites excluding steroid dienone is 4. The second-order valence-corrected chi connectivity index (χ2v) is 3.52. The van der Waals surface area contributed by atoms with Gasteiger partial charge in [0.05, 0.1) is 0 Å². The topological polar surface area (TPSA) is 17.1 Å². The fourth-order valence-electron chi connectivity index (χ4n) is 0.890. The first-order chi connectivity index (χ1) is 5.54. The van der Waals surface area contributed by atoms with Gasteiger partial charge in [-0.05, 0) is 26.3 Å². The van der Waals surface area contributed by atoms with Crippen LogP contribution >= 0.6 is 0 Å². The molecule has 0 rings (SSSR count). The summed E-state index contributed by atoms with van der Waals surface area (Å²) in [5.74, 6) is 0.197. The molecule has 0 amide bonds. The minimum Gasteiger partial charge on any atom is -0.294 e. The number of carbonyl (C=O) groups excluding carboxylic acids is 1. The van der Waals surface area contributed by atoms with Crippen molar-refractivity contribution in [2.45, 2.75) is 34.1 Å². The predicted octanol–water partition coefficient (Wildman–Crippen LogP) is 3.12. The summed E-state index contributed by atoms with van der Waals surface area (Å²) >= 11 is 0. The molecule has 0 aromatic carbocycles. The van der Waals surface area contributed by atoms with Crippen molar-refractivity contribution in [3.8, 4) is 0 Å². The summed E-state index contributed by atoms with van der Waals surface area (Å²) in [4.78, 5) is 11.4. The normalized spacial score (nSPS) is 13.0. The lowest BCUT2D eigenvalue weighted by atomic mass is 9.84. The molecule has 68 valence electrons. The molecule has 0 heterocycles. The highest BCUT2D eigenvalue weighted by Crippen LogP contribution is 2.22. The SMILES string of the molecule is C/C=C\C(=O)C(C)(C)C/C=C/C. The first-order valence-corrected chi connectivity index (χ1v) is 4.33. The van der Waals surface area contributed by atoms with Gasteiger partial charge in [-0.3, -0.25) is 4.79 Å². The summed E-state index contributed by atoms with van der Waals surface area (Å²) in [6.45, 7) is 7.77. The molecule has 0 aliphatic carbocycles. The number of carbonyl (C=O) groups is 1. The maximum absolute atomic E-state index is 11.4. The smallest absolute Gasteiger partial charge is 0.161 e. The van der Waals surface area contributed by atoms with Crippen molar-refractivity contribution in [3.63, 3.8) is 0 Å². The molecule has 0 aliphatic rings. The summed E-state index contributed by atoms with van der Waals surface area (Å²) in [7, 11) is 0. The minimum atomic E-state index is -0.251. The van der Waals surface area contributed by atoms with Crippen LogP contribution in [-0.4, -0.2) is 5.78 Å². The Balaban J connectivity index is 4.28. The van der Waals surface area contributed by atoms with Gasteiger partial charge in [-0.15, -0.1) is 0 Å². The molecule has 0 aliphatic heterocycles. The molecule has 0 bridgehead atoms. The quantitative estimate of drug-likeness (QED) is 0.463. The van der Waals surface area contributed by atoms with Crippen LogP contribution in [0.25, 0.3) is 0 Å². The number of hydrogen-bond acceptors (Lipinski definition) is 1. The number of hydrogen-bond donors (Lipinski definition) is 0. The van der Waals surface area contributed by atoms with Crippen molar-refractivity contribution in [1.82, 2.24) is 0 Å². The van der Waals surface area contributed by atoms with Crippen molar-refractivity contribution in [2.75, 3.05) is 0 Å². The van der Waals surface area contributed by atoms with Crippen LogP contribution in [0.2, 0.25) is 0 Å². The van der Waals surface area contributed by atoms with E-state index in [9.17, 15) is 4.79 Å². The zero-order valence-corrected chi connectivity index (χ0v) is 8.42. The third-order valence-corrected chi connectivity index (χ3v) is 1.85. The fourth-order valence-corrected chi connectivity index (χ4v) is 0.890. The van der Waals surface area contributed by atoms with Crippen LogP contribution in [0.5, 0.6) is 0 Å². The maximum atomic E-state index is 11.4. The fraction of sp³-hybridized carbons (Fsp3) is 0.545. The van der Waals surface area contributed by atoms with E-state index in [1.54, 1.807) is 12.2 Å². The Morgan fingerprint density at radius 2 is 1.83 bits per heavy atom. The highest BCUT2D eigenvalue weighted by atomic mass is 16.1. The summed E-state index contributed by atoms with van der Waals surface area (Å²) in [6, 6.07) is 0. The average molecular weight is 166 g/mol. The van der Waals surface area contributed by atoms with E-state index in [0.717, 1.165) is 6.42 Å². The zero-order valence-electron chi connectivity index (χ0n) is 8.42. The van der Waals surface area contributed by atoms with Crippen LogP contribution in [0, 0.1) is 5.41 Å². The van der Waals surface area contributed by atoms with Gasteiger partial charge in [0.25, 0.3) is 0 Å². The lowest BCUT2D eigenvalue weighted by Crippen LogP contribution is -2.21. The van der Waals surface area contributed by atoms with E-state index in [0.29, 0.717) is 0 Å². The predicted molar refractivity (Wildman–Crippen MR) is 53.0 cm³/mol. The summed E-state index contributed by atoms with van der Waals surface area (Å²) in [6.07, 6.45) is 8.25. The molecule has 0 aromatic heterocycles. The Bertz CT molecular complexity index is 197. The van der Waals surface area contributed by atoms with Gasteiger partial charge in [-0.2, -0.15) is 0 Å². The van der Waals surface area contributed by atoms with Crippen LogP contribution in [0.15, 0.2) is 24.3 Å². The van der Waals surface area contributed by atoms with Crippen molar-refractivity contribution in [1.29, 1.82) is 0 Å². The molecular formula is C11H18O. The zero-order chi connectivity index (χ0) is 9.61. The summed E-state index contributed by atoms with van der Waals surface area (Å²) in [5.41, 5.74) is -0.251. The summed E-state index contributed by atoms with van der Waals surface area (Å²) < 4.78 is 0. The second-order valence-electron chi connectivity index (χ2n) is 3.52. The number of rotatable bonds is 4. The van der Waals surface area contributed by atoms with Crippen LogP contribution in [0.1, 0.15) is 34.1 Å². The average Bonchev–Trinajstić information content (AvgIpc) is 2.01. The Morgan fingerprint density at radius 3 is 2.25 bits per heavy atom. The number of ketones is 1. The minimum absolute atomic E-state index is 0.197. The van der Waals surface area contributed by atoms with Gasteiger partial charge in [-0.25, -0.2) is 0 Å². The van der Waals surface area contributed by atoms with Gasteiger partial charge >= 0.3 is 0 Å². The van der Waals surface area contributed by atoms with E-state index in [-0.39, 0.29) is 11.2 Å². The largest absolute Gasteiger partial charge is 0.294 e. The van der Waals surface area contributed by atoms with Gasteiger partial charge < -0.3 is 0 Å². The third kappa shape index (κ3) is 3.51. The monoisotopic (exact) mass is 166 g/mol. The Labute approximate surface area is 75.2 Å². The van der Waals surface area contributed by atoms with Crippen LogP contribution < -0.4 is 0 Å². The van der Waals surface area contributed by atoms with Gasteiger partial charge in [0.2, 0.25) is 0 Å². The molecule has 0 unspecified atom stereocenters. The standard InChI is InChI=1S/C11H18O/c1-5-7-9-11(3,4)10(12)8-6-2/h5-8H,9H2,1-4H3/b7-5+,8-6-. The Morgan fingerprint density at radius 1 is 1.25 bits per heavy atom. The third-order valence-electron chi connectivity index (χ3n) is 1.85. The lowest BCUT2D eigenvalue weighted by molar-refractivity contribution is -0.122. The first-order valence-electron chi connectivity index (χ1n) is 4.33. The van der Waals surface area contributed by atoms with Gasteiger partial charge in [0.1, 0.15) is 0 Å². The van der Waals surface area contributed by atoms with E-state index in [1.165, 1.54) is 0 Å². The molecule has 0 saturated heterocycles. The van der Waals surface area contributed by atoms with Crippen LogP contribution in [0.3, 0.4) is 0 Å². The molecule has 0 N–H and O–H groups in total. The maximum Gasteiger partial charge on any atom is 0.161 e. The van der Waals surface area contributed by atoms with Gasteiger partial charge in [0.15, 0.2) is 5.78 Å². The highest BCUT2D eigenvalue weighted by molar-refractivity contribution is 5.94. The molecule has 0 aromatic rings. The van der Waals surface area contributed by atoms with Crippen molar-refractivity contribution in [2.24, 2.45) is 5.41 Å². The molecule has 1 heteroatoms. The van der Waals surface area contributed by atoms with Crippen LogP contribution in [0.4, 0.5) is 0 Å². The first kappa shape index (κ1) is 11.2. The molecule has 0 fully saturated rings. The molecule has 0 radical (unpaired) electrons. The summed E-state index contributed by atoms with van der Waals surface area (Å²) in [5, 5.41) is 0. The van der Waals surface area contributed by atoms with Crippen LogP contribution in [-0.2, 0) is 4.79 Å².